The second-order valence-corrected chi connectivity index (χ2v) is 5.70. The van der Waals surface area contributed by atoms with E-state index < -0.39 is 0 Å². The van der Waals surface area contributed by atoms with Gasteiger partial charge in [0.1, 0.15) is 0 Å². The molecule has 2 heterocycles. The predicted molar refractivity (Wildman–Crippen MR) is 76.5 cm³/mol. The van der Waals surface area contributed by atoms with Gasteiger partial charge in [-0.15, -0.1) is 0 Å². The number of unbranched alkanes of at least 4 members (excludes halogenated alkanes) is 1. The molecule has 1 saturated heterocycles. The van der Waals surface area contributed by atoms with E-state index in [0.717, 1.165) is 63.8 Å². The number of hydrogen-bond donors (Lipinski definition) is 0. The van der Waals surface area contributed by atoms with Crippen molar-refractivity contribution < 1.29 is 9.26 Å². The molecule has 0 N–H and O–H groups in total. The van der Waals surface area contributed by atoms with Crippen LogP contribution in [0.5, 0.6) is 0 Å². The minimum atomic E-state index is 0.269. The van der Waals surface area contributed by atoms with Crippen molar-refractivity contribution in [3.63, 3.8) is 0 Å². The Morgan fingerprint density at radius 1 is 1.40 bits per heavy atom. The topological polar surface area (TPSA) is 54.6 Å². The third-order valence-electron chi connectivity index (χ3n) is 3.41. The van der Waals surface area contributed by atoms with E-state index in [0.29, 0.717) is 0 Å². The molecule has 1 aliphatic heterocycles. The van der Waals surface area contributed by atoms with Gasteiger partial charge < -0.3 is 14.2 Å². The number of hydrogen-bond acceptors (Lipinski definition) is 6. The van der Waals surface area contributed by atoms with E-state index in [1.807, 2.05) is 0 Å². The lowest BCUT2D eigenvalue weighted by atomic mass is 10.2. The molecule has 114 valence electrons. The van der Waals surface area contributed by atoms with Crippen LogP contribution < -0.4 is 0 Å². The SMILES string of the molecule is CCCCc1nc(CN2CCO[C@H](CN(C)C)C2)no1. The van der Waals surface area contributed by atoms with Crippen molar-refractivity contribution in [1.82, 2.24) is 19.9 Å². The second-order valence-electron chi connectivity index (χ2n) is 5.70. The smallest absolute Gasteiger partial charge is 0.226 e. The first kappa shape index (κ1) is 15.4. The van der Waals surface area contributed by atoms with Crippen molar-refractivity contribution >= 4 is 0 Å². The van der Waals surface area contributed by atoms with Gasteiger partial charge in [0, 0.05) is 26.1 Å². The van der Waals surface area contributed by atoms with Gasteiger partial charge in [-0.25, -0.2) is 0 Å². The maximum absolute atomic E-state index is 5.77. The summed E-state index contributed by atoms with van der Waals surface area (Å²) in [5, 5.41) is 4.07. The van der Waals surface area contributed by atoms with Crippen molar-refractivity contribution in [2.45, 2.75) is 38.8 Å². The summed E-state index contributed by atoms with van der Waals surface area (Å²) in [5.41, 5.74) is 0. The molecule has 6 nitrogen and oxygen atoms in total. The molecule has 0 bridgehead atoms. The minimum Gasteiger partial charge on any atom is -0.374 e. The number of likely N-dealkylation sites (N-methyl/N-ethyl adjacent to an activating group) is 1. The van der Waals surface area contributed by atoms with Gasteiger partial charge in [0.2, 0.25) is 5.89 Å². The number of ether oxygens (including phenoxy) is 1. The van der Waals surface area contributed by atoms with Crippen LogP contribution in [0.3, 0.4) is 0 Å². The summed E-state index contributed by atoms with van der Waals surface area (Å²) >= 11 is 0. The van der Waals surface area contributed by atoms with Crippen molar-refractivity contribution in [2.24, 2.45) is 0 Å². The van der Waals surface area contributed by atoms with Crippen LogP contribution in [0.4, 0.5) is 0 Å². The summed E-state index contributed by atoms with van der Waals surface area (Å²) in [6.45, 7) is 6.50. The first-order valence-corrected chi connectivity index (χ1v) is 7.47. The zero-order valence-corrected chi connectivity index (χ0v) is 12.8. The van der Waals surface area contributed by atoms with Gasteiger partial charge in [-0.1, -0.05) is 18.5 Å². The van der Waals surface area contributed by atoms with Crippen LogP contribution in [0.2, 0.25) is 0 Å². The Hall–Kier alpha value is -0.980. The molecule has 0 saturated carbocycles. The van der Waals surface area contributed by atoms with E-state index in [1.165, 1.54) is 0 Å². The van der Waals surface area contributed by atoms with Crippen molar-refractivity contribution in [3.05, 3.63) is 11.7 Å². The molecule has 0 spiro atoms. The zero-order chi connectivity index (χ0) is 14.4. The molecule has 20 heavy (non-hydrogen) atoms. The Kier molecular flexibility index (Phi) is 5.94. The van der Waals surface area contributed by atoms with Crippen LogP contribution in [0, 0.1) is 0 Å². The maximum atomic E-state index is 5.77. The first-order valence-electron chi connectivity index (χ1n) is 7.47. The average molecular weight is 282 g/mol. The molecule has 1 atom stereocenters. The molecule has 2 rings (SSSR count). The average Bonchev–Trinajstić information content (AvgIpc) is 2.83. The molecule has 0 aromatic carbocycles. The van der Waals surface area contributed by atoms with Crippen LogP contribution in [0.25, 0.3) is 0 Å². The lowest BCUT2D eigenvalue weighted by Crippen LogP contribution is -2.46. The number of rotatable bonds is 7. The molecule has 1 aromatic heterocycles. The number of nitrogens with zero attached hydrogens (tertiary/aromatic N) is 4. The van der Waals surface area contributed by atoms with E-state index in [9.17, 15) is 0 Å². The number of aromatic nitrogens is 2. The summed E-state index contributed by atoms with van der Waals surface area (Å²) in [5.74, 6) is 1.56. The molecular formula is C14H26N4O2. The highest BCUT2D eigenvalue weighted by atomic mass is 16.5. The van der Waals surface area contributed by atoms with Gasteiger partial charge in [-0.05, 0) is 20.5 Å². The third kappa shape index (κ3) is 4.85. The second kappa shape index (κ2) is 7.71. The third-order valence-corrected chi connectivity index (χ3v) is 3.41. The molecule has 0 radical (unpaired) electrons. The Balaban J connectivity index is 1.81. The highest BCUT2D eigenvalue weighted by Gasteiger charge is 2.22. The predicted octanol–water partition coefficient (Wildman–Crippen LogP) is 1.17. The fraction of sp³-hybridized carbons (Fsp3) is 0.857. The summed E-state index contributed by atoms with van der Waals surface area (Å²) in [7, 11) is 4.14. The maximum Gasteiger partial charge on any atom is 0.226 e. The molecule has 0 unspecified atom stereocenters. The van der Waals surface area contributed by atoms with Crippen LogP contribution in [-0.4, -0.2) is 66.4 Å². The van der Waals surface area contributed by atoms with Crippen LogP contribution in [0.15, 0.2) is 4.52 Å². The van der Waals surface area contributed by atoms with Gasteiger partial charge in [0.15, 0.2) is 5.82 Å². The van der Waals surface area contributed by atoms with E-state index >= 15 is 0 Å². The van der Waals surface area contributed by atoms with Crippen molar-refractivity contribution in [2.75, 3.05) is 40.3 Å². The van der Waals surface area contributed by atoms with Gasteiger partial charge in [-0.3, -0.25) is 4.90 Å². The molecule has 6 heteroatoms. The number of morpholine rings is 1. The van der Waals surface area contributed by atoms with E-state index in [4.69, 9.17) is 9.26 Å². The lowest BCUT2D eigenvalue weighted by molar-refractivity contribution is -0.0414. The fourth-order valence-electron chi connectivity index (χ4n) is 2.43. The van der Waals surface area contributed by atoms with Crippen LogP contribution >= 0.6 is 0 Å². The van der Waals surface area contributed by atoms with E-state index in [1.54, 1.807) is 0 Å². The van der Waals surface area contributed by atoms with Crippen LogP contribution in [0.1, 0.15) is 31.5 Å². The van der Waals surface area contributed by atoms with Gasteiger partial charge in [0.05, 0.1) is 19.3 Å². The summed E-state index contributed by atoms with van der Waals surface area (Å²) in [6, 6.07) is 0. The Morgan fingerprint density at radius 3 is 3.00 bits per heavy atom. The highest BCUT2D eigenvalue weighted by molar-refractivity contribution is 4.88. The number of aryl methyl sites for hydroxylation is 1. The molecule has 0 aliphatic carbocycles. The molecule has 1 fully saturated rings. The summed E-state index contributed by atoms with van der Waals surface area (Å²) < 4.78 is 11.0. The first-order chi connectivity index (χ1) is 9.67. The standard InChI is InChI=1S/C14H26N4O2/c1-4-5-6-14-15-13(16-20-14)11-18-7-8-19-12(10-18)9-17(2)3/h12H,4-11H2,1-3H3/t12-/m1/s1. The van der Waals surface area contributed by atoms with Gasteiger partial charge in [0.25, 0.3) is 0 Å². The monoisotopic (exact) mass is 282 g/mol. The lowest BCUT2D eigenvalue weighted by Gasteiger charge is -2.33. The fourth-order valence-corrected chi connectivity index (χ4v) is 2.43. The van der Waals surface area contributed by atoms with Crippen molar-refractivity contribution in [3.8, 4) is 0 Å². The Bertz CT molecular complexity index is 394. The largest absolute Gasteiger partial charge is 0.374 e. The quantitative estimate of drug-likeness (QED) is 0.748. The molecule has 1 aliphatic rings. The van der Waals surface area contributed by atoms with Gasteiger partial charge >= 0.3 is 0 Å². The van der Waals surface area contributed by atoms with E-state index in [-0.39, 0.29) is 6.10 Å². The molecular weight excluding hydrogens is 256 g/mol. The van der Waals surface area contributed by atoms with Crippen molar-refractivity contribution in [1.29, 1.82) is 0 Å². The summed E-state index contributed by atoms with van der Waals surface area (Å²) in [6.07, 6.45) is 3.40. The minimum absolute atomic E-state index is 0.269. The summed E-state index contributed by atoms with van der Waals surface area (Å²) in [4.78, 5) is 8.95. The Labute approximate surface area is 121 Å². The zero-order valence-electron chi connectivity index (χ0n) is 12.8. The van der Waals surface area contributed by atoms with E-state index in [2.05, 4.69) is 41.0 Å². The molecule has 1 aromatic rings. The normalized spacial score (nSPS) is 20.7. The Morgan fingerprint density at radius 2 is 2.25 bits per heavy atom. The van der Waals surface area contributed by atoms with Crippen LogP contribution in [-0.2, 0) is 17.7 Å². The van der Waals surface area contributed by atoms with Gasteiger partial charge in [-0.2, -0.15) is 4.98 Å². The highest BCUT2D eigenvalue weighted by Crippen LogP contribution is 2.10. The molecule has 0 amide bonds.